The van der Waals surface area contributed by atoms with Crippen LogP contribution in [0.5, 0.6) is 0 Å². The van der Waals surface area contributed by atoms with E-state index in [0.29, 0.717) is 12.5 Å². The number of amides is 1. The Morgan fingerprint density at radius 2 is 1.81 bits per heavy atom. The quantitative estimate of drug-likeness (QED) is 0.854. The van der Waals surface area contributed by atoms with Crippen molar-refractivity contribution in [2.75, 3.05) is 45.8 Å². The third-order valence-corrected chi connectivity index (χ3v) is 5.72. The summed E-state index contributed by atoms with van der Waals surface area (Å²) in [7, 11) is 0. The van der Waals surface area contributed by atoms with Crippen LogP contribution in [0.25, 0.3) is 0 Å². The first-order valence-electron chi connectivity index (χ1n) is 9.97. The Kier molecular flexibility index (Phi) is 8.89. The number of piperidine rings is 1. The molecule has 1 N–H and O–H groups in total. The van der Waals surface area contributed by atoms with Gasteiger partial charge in [-0.2, -0.15) is 0 Å². The molecule has 0 spiro atoms. The number of carbonyl (C=O) groups excluding carboxylic acids is 1. The highest BCUT2D eigenvalue weighted by atomic mass is 35.5. The lowest BCUT2D eigenvalue weighted by Gasteiger charge is -2.33. The molecule has 26 heavy (non-hydrogen) atoms. The summed E-state index contributed by atoms with van der Waals surface area (Å²) >= 11 is 0. The van der Waals surface area contributed by atoms with Crippen molar-refractivity contribution < 1.29 is 4.79 Å². The van der Waals surface area contributed by atoms with E-state index in [1.165, 1.54) is 36.8 Å². The Morgan fingerprint density at radius 3 is 2.54 bits per heavy atom. The second-order valence-electron chi connectivity index (χ2n) is 7.73. The number of nitrogens with zero attached hydrogens (tertiary/aromatic N) is 2. The van der Waals surface area contributed by atoms with E-state index in [1.807, 2.05) is 0 Å². The largest absolute Gasteiger partial charge is 0.342 e. The number of likely N-dealkylation sites (tertiary alicyclic amines) is 1. The topological polar surface area (TPSA) is 35.6 Å². The van der Waals surface area contributed by atoms with E-state index >= 15 is 0 Å². The van der Waals surface area contributed by atoms with Gasteiger partial charge in [0, 0.05) is 26.2 Å². The predicted octanol–water partition coefficient (Wildman–Crippen LogP) is 2.88. The minimum atomic E-state index is 0. The van der Waals surface area contributed by atoms with Gasteiger partial charge >= 0.3 is 0 Å². The van der Waals surface area contributed by atoms with Gasteiger partial charge in [-0.15, -0.1) is 12.4 Å². The van der Waals surface area contributed by atoms with Crippen LogP contribution in [0.1, 0.15) is 36.8 Å². The summed E-state index contributed by atoms with van der Waals surface area (Å²) in [5.74, 6) is 1.10. The normalized spacial score (nSPS) is 19.7. The zero-order chi connectivity index (χ0) is 17.5. The summed E-state index contributed by atoms with van der Waals surface area (Å²) in [6.45, 7) is 8.78. The molecule has 0 unspecified atom stereocenters. The van der Waals surface area contributed by atoms with E-state index in [9.17, 15) is 4.79 Å². The van der Waals surface area contributed by atoms with E-state index in [0.717, 1.165) is 51.6 Å². The summed E-state index contributed by atoms with van der Waals surface area (Å²) in [4.78, 5) is 17.0. The van der Waals surface area contributed by atoms with E-state index in [1.54, 1.807) is 0 Å². The number of benzene rings is 1. The lowest BCUT2D eigenvalue weighted by Crippen LogP contribution is -2.45. The highest BCUT2D eigenvalue weighted by Crippen LogP contribution is 2.22. The minimum absolute atomic E-state index is 0. The van der Waals surface area contributed by atoms with Gasteiger partial charge in [-0.25, -0.2) is 0 Å². The Morgan fingerprint density at radius 1 is 1.08 bits per heavy atom. The fraction of sp³-hybridized carbons (Fsp3) is 0.667. The van der Waals surface area contributed by atoms with Gasteiger partial charge in [0.15, 0.2) is 0 Å². The van der Waals surface area contributed by atoms with Gasteiger partial charge in [0.05, 0.1) is 6.54 Å². The number of hydrogen-bond acceptors (Lipinski definition) is 3. The molecule has 146 valence electrons. The molecule has 2 aliphatic heterocycles. The molecule has 0 aromatic heterocycles. The molecule has 1 aromatic carbocycles. The van der Waals surface area contributed by atoms with Crippen LogP contribution in [0, 0.1) is 12.8 Å². The number of nitrogens with one attached hydrogen (secondary N) is 1. The molecular weight excluding hydrogens is 346 g/mol. The minimum Gasteiger partial charge on any atom is -0.342 e. The van der Waals surface area contributed by atoms with Gasteiger partial charge in [-0.05, 0) is 63.6 Å². The Hall–Kier alpha value is -1.10. The van der Waals surface area contributed by atoms with Gasteiger partial charge in [-0.3, -0.25) is 9.69 Å². The number of halogens is 1. The van der Waals surface area contributed by atoms with Crippen LogP contribution in [0.4, 0.5) is 0 Å². The van der Waals surface area contributed by atoms with Gasteiger partial charge < -0.3 is 10.2 Å². The van der Waals surface area contributed by atoms with Crippen LogP contribution in [0.3, 0.4) is 0 Å². The number of hydrogen-bond donors (Lipinski definition) is 1. The first-order valence-corrected chi connectivity index (χ1v) is 9.97. The first kappa shape index (κ1) is 21.2. The second kappa shape index (κ2) is 10.9. The Labute approximate surface area is 164 Å². The van der Waals surface area contributed by atoms with E-state index in [4.69, 9.17) is 0 Å². The Balaban J connectivity index is 0.00000243. The monoisotopic (exact) mass is 379 g/mol. The van der Waals surface area contributed by atoms with Gasteiger partial charge in [0.25, 0.3) is 0 Å². The van der Waals surface area contributed by atoms with Crippen molar-refractivity contribution in [1.29, 1.82) is 0 Å². The van der Waals surface area contributed by atoms with Crippen molar-refractivity contribution >= 4 is 18.3 Å². The lowest BCUT2D eigenvalue weighted by molar-refractivity contribution is -0.133. The number of rotatable bonds is 5. The van der Waals surface area contributed by atoms with Crippen molar-refractivity contribution in [2.24, 2.45) is 5.92 Å². The number of aryl methyl sites for hydroxylation is 2. The molecule has 2 aliphatic rings. The fourth-order valence-corrected chi connectivity index (χ4v) is 3.95. The molecule has 1 amide bonds. The lowest BCUT2D eigenvalue weighted by atomic mass is 9.90. The van der Waals surface area contributed by atoms with Crippen molar-refractivity contribution in [3.63, 3.8) is 0 Å². The molecule has 2 fully saturated rings. The second-order valence-corrected chi connectivity index (χ2v) is 7.73. The molecule has 2 saturated heterocycles. The van der Waals surface area contributed by atoms with Crippen LogP contribution in [0.15, 0.2) is 24.3 Å². The molecule has 4 nitrogen and oxygen atoms in total. The van der Waals surface area contributed by atoms with E-state index in [-0.39, 0.29) is 12.4 Å². The van der Waals surface area contributed by atoms with Crippen molar-refractivity contribution in [3.05, 3.63) is 35.4 Å². The van der Waals surface area contributed by atoms with Crippen LogP contribution in [-0.4, -0.2) is 61.5 Å². The zero-order valence-electron chi connectivity index (χ0n) is 16.1. The van der Waals surface area contributed by atoms with Crippen LogP contribution in [-0.2, 0) is 11.2 Å². The SMILES string of the molecule is Cc1ccc(CCC2CCN(C(=O)CN3CCCNCC3)CC2)cc1.Cl. The van der Waals surface area contributed by atoms with Crippen LogP contribution in [0.2, 0.25) is 0 Å². The molecule has 0 atom stereocenters. The van der Waals surface area contributed by atoms with Gasteiger partial charge in [0.2, 0.25) is 5.91 Å². The van der Waals surface area contributed by atoms with E-state index < -0.39 is 0 Å². The summed E-state index contributed by atoms with van der Waals surface area (Å²) in [6, 6.07) is 8.91. The first-order chi connectivity index (χ1) is 12.2. The third kappa shape index (κ3) is 6.57. The predicted molar refractivity (Wildman–Crippen MR) is 110 cm³/mol. The maximum absolute atomic E-state index is 12.6. The molecule has 0 radical (unpaired) electrons. The fourth-order valence-electron chi connectivity index (χ4n) is 3.95. The molecule has 2 heterocycles. The van der Waals surface area contributed by atoms with Crippen LogP contribution >= 0.6 is 12.4 Å². The smallest absolute Gasteiger partial charge is 0.236 e. The third-order valence-electron chi connectivity index (χ3n) is 5.72. The molecule has 3 rings (SSSR count). The van der Waals surface area contributed by atoms with Crippen molar-refractivity contribution in [3.8, 4) is 0 Å². The summed E-state index contributed by atoms with van der Waals surface area (Å²) in [6.07, 6.45) is 5.90. The van der Waals surface area contributed by atoms with Crippen molar-refractivity contribution in [1.82, 2.24) is 15.1 Å². The molecule has 1 aromatic rings. The van der Waals surface area contributed by atoms with Gasteiger partial charge in [-0.1, -0.05) is 29.8 Å². The number of carbonyl (C=O) groups is 1. The molecule has 5 heteroatoms. The molecular formula is C21H34ClN3O. The summed E-state index contributed by atoms with van der Waals surface area (Å²) < 4.78 is 0. The van der Waals surface area contributed by atoms with Gasteiger partial charge in [0.1, 0.15) is 0 Å². The Bertz CT molecular complexity index is 533. The summed E-state index contributed by atoms with van der Waals surface area (Å²) in [5, 5.41) is 3.40. The van der Waals surface area contributed by atoms with Crippen LogP contribution < -0.4 is 5.32 Å². The van der Waals surface area contributed by atoms with E-state index in [2.05, 4.69) is 46.3 Å². The summed E-state index contributed by atoms with van der Waals surface area (Å²) in [5.41, 5.74) is 2.77. The zero-order valence-corrected chi connectivity index (χ0v) is 16.9. The highest BCUT2D eigenvalue weighted by Gasteiger charge is 2.24. The molecule has 0 aliphatic carbocycles. The van der Waals surface area contributed by atoms with Crippen molar-refractivity contribution in [2.45, 2.75) is 39.0 Å². The molecule has 0 bridgehead atoms. The highest BCUT2D eigenvalue weighted by molar-refractivity contribution is 5.85. The standard InChI is InChI=1S/C21H33N3O.ClH/c1-18-3-5-19(6-4-18)7-8-20-9-14-24(15-10-20)21(25)17-23-13-2-11-22-12-16-23;/h3-6,20,22H,2,7-17H2,1H3;1H. The maximum atomic E-state index is 12.6. The average Bonchev–Trinajstić information content (AvgIpc) is 2.90. The maximum Gasteiger partial charge on any atom is 0.236 e. The average molecular weight is 380 g/mol. The molecule has 0 saturated carbocycles.